The van der Waals surface area contributed by atoms with Crippen molar-refractivity contribution < 1.29 is 19.1 Å². The number of benzene rings is 2. The van der Waals surface area contributed by atoms with Crippen molar-refractivity contribution >= 4 is 28.9 Å². The number of carbonyl (C=O) groups is 2. The van der Waals surface area contributed by atoms with E-state index in [-0.39, 0.29) is 23.1 Å². The molecule has 0 saturated carbocycles. The molecule has 28 heavy (non-hydrogen) atoms. The Morgan fingerprint density at radius 1 is 1.25 bits per heavy atom. The third-order valence-electron chi connectivity index (χ3n) is 5.00. The van der Waals surface area contributed by atoms with Crippen molar-refractivity contribution in [2.45, 2.75) is 25.7 Å². The molecule has 2 heterocycles. The number of halogens is 1. The van der Waals surface area contributed by atoms with Gasteiger partial charge in [-0.05, 0) is 35.2 Å². The van der Waals surface area contributed by atoms with Crippen LogP contribution in [0.15, 0.2) is 48.5 Å². The maximum absolute atomic E-state index is 13.8. The summed E-state index contributed by atoms with van der Waals surface area (Å²) < 4.78 is 13.8. The van der Waals surface area contributed by atoms with Crippen molar-refractivity contribution in [1.82, 2.24) is 0 Å². The predicted octanol–water partition coefficient (Wildman–Crippen LogP) is 5.29. The van der Waals surface area contributed by atoms with E-state index in [9.17, 15) is 19.1 Å². The normalized spacial score (nSPS) is 15.8. The molecule has 0 radical (unpaired) electrons. The highest BCUT2D eigenvalue weighted by Gasteiger charge is 2.34. The molecule has 4 nitrogen and oxygen atoms in total. The first kappa shape index (κ1) is 18.4. The number of nitrogens with one attached hydrogen (secondary N) is 1. The molecule has 1 amide bonds. The summed E-state index contributed by atoms with van der Waals surface area (Å²) in [4.78, 5) is 25.2. The van der Waals surface area contributed by atoms with Crippen LogP contribution in [0.2, 0.25) is 0 Å². The van der Waals surface area contributed by atoms with Crippen LogP contribution in [0.4, 0.5) is 10.1 Å². The number of aryl methyl sites for hydroxylation is 1. The Balaban J connectivity index is 1.90. The van der Waals surface area contributed by atoms with Crippen molar-refractivity contribution in [2.75, 3.05) is 5.32 Å². The van der Waals surface area contributed by atoms with Crippen LogP contribution in [0.3, 0.4) is 0 Å². The molecule has 2 N–H and O–H groups in total. The minimum atomic E-state index is -1.09. The second-order valence-electron chi connectivity index (χ2n) is 6.76. The lowest BCUT2D eigenvalue weighted by atomic mass is 9.88. The third kappa shape index (κ3) is 3.20. The van der Waals surface area contributed by atoms with Gasteiger partial charge in [-0.1, -0.05) is 43.3 Å². The molecule has 1 aliphatic rings. The first-order valence-corrected chi connectivity index (χ1v) is 9.84. The summed E-state index contributed by atoms with van der Waals surface area (Å²) in [6.45, 7) is 2.07. The van der Waals surface area contributed by atoms with Crippen molar-refractivity contribution in [3.63, 3.8) is 0 Å². The van der Waals surface area contributed by atoms with Gasteiger partial charge in [0.15, 0.2) is 0 Å². The van der Waals surface area contributed by atoms with Gasteiger partial charge in [0.25, 0.3) is 0 Å². The van der Waals surface area contributed by atoms with E-state index >= 15 is 0 Å². The van der Waals surface area contributed by atoms with Gasteiger partial charge in [0.05, 0.1) is 5.69 Å². The lowest BCUT2D eigenvalue weighted by Crippen LogP contribution is -2.22. The number of hydrogen-bond acceptors (Lipinski definition) is 3. The van der Waals surface area contributed by atoms with Gasteiger partial charge < -0.3 is 10.4 Å². The average molecular weight is 395 g/mol. The van der Waals surface area contributed by atoms with Crippen molar-refractivity contribution in [3.8, 4) is 11.1 Å². The number of fused-ring (bicyclic) bond motifs is 1. The van der Waals surface area contributed by atoms with Gasteiger partial charge >= 0.3 is 5.97 Å². The number of hydrogen-bond donors (Lipinski definition) is 2. The van der Waals surface area contributed by atoms with E-state index < -0.39 is 11.8 Å². The van der Waals surface area contributed by atoms with Gasteiger partial charge in [-0.3, -0.25) is 4.79 Å². The number of thiophene rings is 1. The topological polar surface area (TPSA) is 66.4 Å². The molecule has 1 aromatic heterocycles. The molecular weight excluding hydrogens is 377 g/mol. The quantitative estimate of drug-likeness (QED) is 0.631. The maximum atomic E-state index is 13.8. The van der Waals surface area contributed by atoms with Gasteiger partial charge in [0.1, 0.15) is 10.7 Å². The molecular formula is C22H18FNO3S. The predicted molar refractivity (Wildman–Crippen MR) is 108 cm³/mol. The Morgan fingerprint density at radius 3 is 2.64 bits per heavy atom. The van der Waals surface area contributed by atoms with Gasteiger partial charge in [0.2, 0.25) is 5.91 Å². The van der Waals surface area contributed by atoms with Crippen molar-refractivity contribution in [3.05, 3.63) is 75.2 Å². The van der Waals surface area contributed by atoms with Gasteiger partial charge in [0, 0.05) is 22.8 Å². The standard InChI is InChI=1S/C22H18FNO3S/c1-2-12-6-8-13(9-7-12)16-11-17(25)24-19-18(14-4-3-5-15(23)10-14)21(22(26)27)28-20(16)19/h3-10,16H,2,11H2,1H3,(H,24,25)(H,26,27). The number of rotatable bonds is 4. The summed E-state index contributed by atoms with van der Waals surface area (Å²) in [6, 6.07) is 13.8. The summed E-state index contributed by atoms with van der Waals surface area (Å²) in [5, 5.41) is 12.6. The second kappa shape index (κ2) is 7.20. The van der Waals surface area contributed by atoms with Crippen LogP contribution < -0.4 is 5.32 Å². The number of anilines is 1. The first-order chi connectivity index (χ1) is 13.5. The summed E-state index contributed by atoms with van der Waals surface area (Å²) in [5.74, 6) is -1.94. The number of carboxylic acids is 1. The molecule has 0 spiro atoms. The molecule has 1 atom stereocenters. The molecule has 0 saturated heterocycles. The fraction of sp³-hybridized carbons (Fsp3) is 0.182. The Hall–Kier alpha value is -2.99. The highest BCUT2D eigenvalue weighted by Crippen LogP contribution is 2.49. The molecule has 0 bridgehead atoms. The van der Waals surface area contributed by atoms with E-state index in [0.717, 1.165) is 28.2 Å². The maximum Gasteiger partial charge on any atom is 0.346 e. The fourth-order valence-electron chi connectivity index (χ4n) is 3.61. The average Bonchev–Trinajstić information content (AvgIpc) is 3.07. The minimum Gasteiger partial charge on any atom is -0.477 e. The van der Waals surface area contributed by atoms with E-state index in [1.54, 1.807) is 6.07 Å². The zero-order valence-electron chi connectivity index (χ0n) is 15.2. The van der Waals surface area contributed by atoms with E-state index in [2.05, 4.69) is 12.2 Å². The van der Waals surface area contributed by atoms with Gasteiger partial charge in [-0.15, -0.1) is 11.3 Å². The van der Waals surface area contributed by atoms with Gasteiger partial charge in [-0.25, -0.2) is 9.18 Å². The highest BCUT2D eigenvalue weighted by atomic mass is 32.1. The molecule has 2 aromatic carbocycles. The minimum absolute atomic E-state index is 0.105. The SMILES string of the molecule is CCc1ccc(C2CC(=O)Nc3c2sc(C(=O)O)c3-c2cccc(F)c2)cc1. The molecule has 0 fully saturated rings. The lowest BCUT2D eigenvalue weighted by Gasteiger charge is -2.24. The third-order valence-corrected chi connectivity index (χ3v) is 6.30. The molecule has 142 valence electrons. The van der Waals surface area contributed by atoms with Crippen LogP contribution in [-0.2, 0) is 11.2 Å². The fourth-order valence-corrected chi connectivity index (χ4v) is 4.86. The molecule has 4 rings (SSSR count). The number of aromatic carboxylic acids is 1. The van der Waals surface area contributed by atoms with E-state index in [1.165, 1.54) is 23.8 Å². The monoisotopic (exact) mass is 395 g/mol. The lowest BCUT2D eigenvalue weighted by molar-refractivity contribution is -0.116. The Kier molecular flexibility index (Phi) is 4.73. The molecule has 6 heteroatoms. The Labute approximate surface area is 165 Å². The Morgan fingerprint density at radius 2 is 2.00 bits per heavy atom. The van der Waals surface area contributed by atoms with Crippen molar-refractivity contribution in [1.29, 1.82) is 0 Å². The van der Waals surface area contributed by atoms with Crippen LogP contribution in [0, 0.1) is 5.82 Å². The number of amides is 1. The largest absolute Gasteiger partial charge is 0.477 e. The van der Waals surface area contributed by atoms with Crippen molar-refractivity contribution in [2.24, 2.45) is 0 Å². The summed E-state index contributed by atoms with van der Waals surface area (Å²) >= 11 is 1.15. The number of carboxylic acid groups (broad SMARTS) is 1. The Bertz CT molecular complexity index is 1070. The molecule has 1 unspecified atom stereocenters. The van der Waals surface area contributed by atoms with Crippen LogP contribution in [-0.4, -0.2) is 17.0 Å². The second-order valence-corrected chi connectivity index (χ2v) is 7.81. The van der Waals surface area contributed by atoms with E-state index in [0.29, 0.717) is 16.8 Å². The van der Waals surface area contributed by atoms with Gasteiger partial charge in [-0.2, -0.15) is 0 Å². The van der Waals surface area contributed by atoms with Crippen LogP contribution >= 0.6 is 11.3 Å². The summed E-state index contributed by atoms with van der Waals surface area (Å²) in [7, 11) is 0. The van der Waals surface area contributed by atoms with E-state index in [1.807, 2.05) is 24.3 Å². The summed E-state index contributed by atoms with van der Waals surface area (Å²) in [6.07, 6.45) is 1.17. The van der Waals surface area contributed by atoms with Crippen LogP contribution in [0.1, 0.15) is 44.9 Å². The van der Waals surface area contributed by atoms with Crippen LogP contribution in [0.5, 0.6) is 0 Å². The zero-order chi connectivity index (χ0) is 19.8. The molecule has 0 aliphatic carbocycles. The van der Waals surface area contributed by atoms with Crippen LogP contribution in [0.25, 0.3) is 11.1 Å². The van der Waals surface area contributed by atoms with E-state index in [4.69, 9.17) is 0 Å². The first-order valence-electron chi connectivity index (χ1n) is 9.02. The zero-order valence-corrected chi connectivity index (χ0v) is 16.0. The smallest absolute Gasteiger partial charge is 0.346 e. The summed E-state index contributed by atoms with van der Waals surface area (Å²) in [5.41, 5.74) is 3.46. The molecule has 3 aromatic rings. The highest BCUT2D eigenvalue weighted by molar-refractivity contribution is 7.15. The molecule has 1 aliphatic heterocycles. The number of carbonyl (C=O) groups excluding carboxylic acids is 1.